The number of pyridine rings is 1. The number of rotatable bonds is 2. The van der Waals surface area contributed by atoms with E-state index in [1.165, 1.54) is 6.33 Å². The van der Waals surface area contributed by atoms with Crippen LogP contribution in [-0.4, -0.2) is 20.1 Å². The summed E-state index contributed by atoms with van der Waals surface area (Å²) in [7, 11) is 0. The standard InChI is InChI=1S/C11H11N3O/c1-8-2-4-12-6-9(8)11(15)10-3-5-13-7-14-10/h2-7,11,15H,1H3. The minimum absolute atomic E-state index is 0.584. The lowest BCUT2D eigenvalue weighted by molar-refractivity contribution is 0.214. The van der Waals surface area contributed by atoms with Crippen molar-refractivity contribution in [2.24, 2.45) is 0 Å². The Morgan fingerprint density at radius 3 is 2.67 bits per heavy atom. The topological polar surface area (TPSA) is 58.9 Å². The van der Waals surface area contributed by atoms with Gasteiger partial charge < -0.3 is 5.11 Å². The molecule has 15 heavy (non-hydrogen) atoms. The van der Waals surface area contributed by atoms with E-state index in [4.69, 9.17) is 0 Å². The molecule has 2 aromatic rings. The van der Waals surface area contributed by atoms with E-state index in [9.17, 15) is 5.11 Å². The molecular formula is C11H11N3O. The van der Waals surface area contributed by atoms with Gasteiger partial charge in [0.1, 0.15) is 12.4 Å². The zero-order chi connectivity index (χ0) is 10.7. The van der Waals surface area contributed by atoms with Gasteiger partial charge in [-0.3, -0.25) is 4.98 Å². The maximum Gasteiger partial charge on any atom is 0.123 e. The van der Waals surface area contributed by atoms with Crippen molar-refractivity contribution in [1.82, 2.24) is 15.0 Å². The van der Waals surface area contributed by atoms with Crippen LogP contribution in [0.2, 0.25) is 0 Å². The van der Waals surface area contributed by atoms with Crippen molar-refractivity contribution in [3.8, 4) is 0 Å². The molecule has 1 unspecified atom stereocenters. The molecule has 0 fully saturated rings. The van der Waals surface area contributed by atoms with Gasteiger partial charge in [-0.1, -0.05) is 0 Å². The number of aromatic nitrogens is 3. The number of nitrogens with zero attached hydrogens (tertiary/aromatic N) is 3. The highest BCUT2D eigenvalue weighted by molar-refractivity contribution is 5.29. The predicted octanol–water partition coefficient (Wildman–Crippen LogP) is 1.26. The lowest BCUT2D eigenvalue weighted by atomic mass is 10.0. The van der Waals surface area contributed by atoms with Crippen LogP contribution in [0.5, 0.6) is 0 Å². The first-order valence-electron chi connectivity index (χ1n) is 4.63. The number of hydrogen-bond acceptors (Lipinski definition) is 4. The van der Waals surface area contributed by atoms with Gasteiger partial charge in [-0.05, 0) is 24.6 Å². The second kappa shape index (κ2) is 4.14. The second-order valence-electron chi connectivity index (χ2n) is 3.27. The third-order valence-electron chi connectivity index (χ3n) is 2.26. The Hall–Kier alpha value is -1.81. The van der Waals surface area contributed by atoms with Crippen molar-refractivity contribution in [3.63, 3.8) is 0 Å². The van der Waals surface area contributed by atoms with E-state index in [1.54, 1.807) is 24.7 Å². The molecule has 2 aromatic heterocycles. The van der Waals surface area contributed by atoms with Crippen LogP contribution in [-0.2, 0) is 0 Å². The van der Waals surface area contributed by atoms with E-state index in [1.807, 2.05) is 13.0 Å². The molecule has 2 rings (SSSR count). The van der Waals surface area contributed by atoms with Crippen molar-refractivity contribution >= 4 is 0 Å². The summed E-state index contributed by atoms with van der Waals surface area (Å²) in [6, 6.07) is 3.55. The molecule has 0 saturated carbocycles. The Balaban J connectivity index is 2.37. The zero-order valence-corrected chi connectivity index (χ0v) is 8.33. The predicted molar refractivity (Wildman–Crippen MR) is 55.1 cm³/mol. The molecule has 2 heterocycles. The molecule has 0 radical (unpaired) electrons. The molecule has 0 aliphatic rings. The van der Waals surface area contributed by atoms with E-state index in [-0.39, 0.29) is 0 Å². The van der Waals surface area contributed by atoms with Crippen LogP contribution in [0.25, 0.3) is 0 Å². The SMILES string of the molecule is Cc1ccncc1C(O)c1ccncn1. The minimum atomic E-state index is -0.735. The summed E-state index contributed by atoms with van der Waals surface area (Å²) in [4.78, 5) is 11.8. The van der Waals surface area contributed by atoms with Gasteiger partial charge in [-0.15, -0.1) is 0 Å². The average molecular weight is 201 g/mol. The van der Waals surface area contributed by atoms with Crippen LogP contribution in [0, 0.1) is 6.92 Å². The van der Waals surface area contributed by atoms with Gasteiger partial charge in [-0.2, -0.15) is 0 Å². The van der Waals surface area contributed by atoms with Crippen molar-refractivity contribution < 1.29 is 5.11 Å². The van der Waals surface area contributed by atoms with E-state index in [0.29, 0.717) is 5.69 Å². The number of aliphatic hydroxyl groups is 1. The third-order valence-corrected chi connectivity index (χ3v) is 2.26. The molecule has 1 N–H and O–H groups in total. The first-order valence-corrected chi connectivity index (χ1v) is 4.63. The van der Waals surface area contributed by atoms with E-state index in [0.717, 1.165) is 11.1 Å². The number of aryl methyl sites for hydroxylation is 1. The van der Waals surface area contributed by atoms with E-state index in [2.05, 4.69) is 15.0 Å². The fourth-order valence-electron chi connectivity index (χ4n) is 1.38. The van der Waals surface area contributed by atoms with Gasteiger partial charge in [0.25, 0.3) is 0 Å². The van der Waals surface area contributed by atoms with Crippen LogP contribution in [0.15, 0.2) is 37.1 Å². The van der Waals surface area contributed by atoms with Crippen LogP contribution in [0.4, 0.5) is 0 Å². The Labute approximate surface area is 87.7 Å². The molecule has 0 bridgehead atoms. The summed E-state index contributed by atoms with van der Waals surface area (Å²) in [5.41, 5.74) is 2.36. The van der Waals surface area contributed by atoms with Crippen LogP contribution in [0.1, 0.15) is 22.9 Å². The van der Waals surface area contributed by atoms with Gasteiger partial charge in [-0.25, -0.2) is 9.97 Å². The molecular weight excluding hydrogens is 190 g/mol. The van der Waals surface area contributed by atoms with Gasteiger partial charge >= 0.3 is 0 Å². The summed E-state index contributed by atoms with van der Waals surface area (Å²) < 4.78 is 0. The van der Waals surface area contributed by atoms with Crippen molar-refractivity contribution in [2.45, 2.75) is 13.0 Å². The molecule has 0 saturated heterocycles. The zero-order valence-electron chi connectivity index (χ0n) is 8.33. The Morgan fingerprint density at radius 1 is 1.20 bits per heavy atom. The lowest BCUT2D eigenvalue weighted by Crippen LogP contribution is -2.04. The Bertz CT molecular complexity index is 445. The smallest absolute Gasteiger partial charge is 0.123 e. The largest absolute Gasteiger partial charge is 0.382 e. The quantitative estimate of drug-likeness (QED) is 0.794. The van der Waals surface area contributed by atoms with Crippen LogP contribution < -0.4 is 0 Å². The lowest BCUT2D eigenvalue weighted by Gasteiger charge is -2.11. The van der Waals surface area contributed by atoms with Gasteiger partial charge in [0.15, 0.2) is 0 Å². The maximum absolute atomic E-state index is 10.0. The summed E-state index contributed by atoms with van der Waals surface area (Å²) >= 11 is 0. The second-order valence-corrected chi connectivity index (χ2v) is 3.27. The van der Waals surface area contributed by atoms with Crippen LogP contribution in [0.3, 0.4) is 0 Å². The van der Waals surface area contributed by atoms with Gasteiger partial charge in [0.2, 0.25) is 0 Å². The molecule has 4 heteroatoms. The van der Waals surface area contributed by atoms with Crippen LogP contribution >= 0.6 is 0 Å². The number of aliphatic hydroxyl groups excluding tert-OH is 1. The average Bonchev–Trinajstić information content (AvgIpc) is 2.30. The Morgan fingerprint density at radius 2 is 2.00 bits per heavy atom. The fourth-order valence-corrected chi connectivity index (χ4v) is 1.38. The van der Waals surface area contributed by atoms with E-state index >= 15 is 0 Å². The monoisotopic (exact) mass is 201 g/mol. The molecule has 4 nitrogen and oxygen atoms in total. The molecule has 0 aliphatic carbocycles. The Kier molecular flexibility index (Phi) is 2.69. The van der Waals surface area contributed by atoms with Crippen molar-refractivity contribution in [2.75, 3.05) is 0 Å². The third kappa shape index (κ3) is 1.99. The fraction of sp³-hybridized carbons (Fsp3) is 0.182. The van der Waals surface area contributed by atoms with Crippen molar-refractivity contribution in [1.29, 1.82) is 0 Å². The minimum Gasteiger partial charge on any atom is -0.382 e. The number of hydrogen-bond donors (Lipinski definition) is 1. The highest BCUT2D eigenvalue weighted by atomic mass is 16.3. The molecule has 1 atom stereocenters. The molecule has 0 amide bonds. The maximum atomic E-state index is 10.0. The summed E-state index contributed by atoms with van der Waals surface area (Å²) in [5.74, 6) is 0. The summed E-state index contributed by atoms with van der Waals surface area (Å²) in [6.07, 6.45) is 5.65. The summed E-state index contributed by atoms with van der Waals surface area (Å²) in [5, 5.41) is 10.0. The van der Waals surface area contributed by atoms with E-state index < -0.39 is 6.10 Å². The van der Waals surface area contributed by atoms with Gasteiger partial charge in [0, 0.05) is 24.2 Å². The highest BCUT2D eigenvalue weighted by Gasteiger charge is 2.13. The molecule has 0 aromatic carbocycles. The molecule has 0 spiro atoms. The highest BCUT2D eigenvalue weighted by Crippen LogP contribution is 2.21. The normalized spacial score (nSPS) is 12.4. The first kappa shape index (κ1) is 9.73. The van der Waals surface area contributed by atoms with Gasteiger partial charge in [0.05, 0.1) is 5.69 Å². The molecule has 0 aliphatic heterocycles. The summed E-state index contributed by atoms with van der Waals surface area (Å²) in [6.45, 7) is 1.93. The first-order chi connectivity index (χ1) is 7.29. The molecule has 76 valence electrons. The van der Waals surface area contributed by atoms with Crippen molar-refractivity contribution in [3.05, 3.63) is 53.9 Å².